The lowest BCUT2D eigenvalue weighted by Gasteiger charge is -2.10. The van der Waals surface area contributed by atoms with Gasteiger partial charge >= 0.3 is 0 Å². The van der Waals surface area contributed by atoms with Crippen LogP contribution in [-0.2, 0) is 9.59 Å². The number of Topliss-reactive ketones (excluding diaryl/α,β-unsaturated/α-hetero) is 2. The summed E-state index contributed by atoms with van der Waals surface area (Å²) in [5.74, 6) is 2.87. The summed E-state index contributed by atoms with van der Waals surface area (Å²) in [7, 11) is 0. The first-order valence-corrected chi connectivity index (χ1v) is 5.83. The molecule has 1 aliphatic rings. The van der Waals surface area contributed by atoms with E-state index >= 15 is 0 Å². The van der Waals surface area contributed by atoms with Crippen molar-refractivity contribution in [1.82, 2.24) is 0 Å². The van der Waals surface area contributed by atoms with Gasteiger partial charge in [0.25, 0.3) is 0 Å². The van der Waals surface area contributed by atoms with Crippen LogP contribution in [0.3, 0.4) is 0 Å². The first kappa shape index (κ1) is 13.8. The van der Waals surface area contributed by atoms with Crippen LogP contribution in [0.15, 0.2) is 21.4 Å². The molecule has 0 aromatic rings. The smallest absolute Gasteiger partial charge is 0.249 e. The Morgan fingerprint density at radius 1 is 1.18 bits per heavy atom. The minimum atomic E-state index is -1.01. The van der Waals surface area contributed by atoms with Crippen molar-refractivity contribution >= 4 is 34.8 Å². The average molecular weight is 273 g/mol. The largest absolute Gasteiger partial charge is 0.505 e. The van der Waals surface area contributed by atoms with Crippen molar-refractivity contribution in [3.05, 3.63) is 21.4 Å². The topological polar surface area (TPSA) is 54.4 Å². The highest BCUT2D eigenvalue weighted by molar-refractivity contribution is 6.68. The summed E-state index contributed by atoms with van der Waals surface area (Å²) >= 11 is 11.2. The monoisotopic (exact) mass is 272 g/mol. The minimum Gasteiger partial charge on any atom is -0.505 e. The number of carbonyl (C=O) groups is 2. The highest BCUT2D eigenvalue weighted by Crippen LogP contribution is 2.28. The molecule has 0 saturated carbocycles. The predicted octanol–water partition coefficient (Wildman–Crippen LogP) is 2.83. The Kier molecular flexibility index (Phi) is 4.80. The van der Waals surface area contributed by atoms with Gasteiger partial charge in [-0.25, -0.2) is 0 Å². The molecule has 0 fully saturated rings. The summed E-state index contributed by atoms with van der Waals surface area (Å²) in [4.78, 5) is 22.5. The number of rotatable bonds is 2. The van der Waals surface area contributed by atoms with Crippen molar-refractivity contribution in [2.24, 2.45) is 0 Å². The first-order chi connectivity index (χ1) is 8.00. The molecular weight excluding hydrogens is 263 g/mol. The Morgan fingerprint density at radius 2 is 1.76 bits per heavy atom. The first-order valence-electron chi connectivity index (χ1n) is 5.07. The van der Waals surface area contributed by atoms with E-state index in [0.717, 1.165) is 12.8 Å². The number of halogens is 2. The third-order valence-electron chi connectivity index (χ3n) is 2.14. The van der Waals surface area contributed by atoms with Gasteiger partial charge in [-0.2, -0.15) is 0 Å². The fraction of sp³-hybridized carbons (Fsp3) is 0.333. The number of aliphatic hydroxyl groups is 1. The molecule has 0 bridgehead atoms. The second kappa shape index (κ2) is 5.90. The molecule has 3 nitrogen and oxygen atoms in total. The van der Waals surface area contributed by atoms with Crippen LogP contribution in [0, 0.1) is 11.8 Å². The highest BCUT2D eigenvalue weighted by Gasteiger charge is 2.32. The summed E-state index contributed by atoms with van der Waals surface area (Å²) in [5, 5.41) is 8.68. The Morgan fingerprint density at radius 3 is 2.35 bits per heavy atom. The summed E-state index contributed by atoms with van der Waals surface area (Å²) in [6, 6.07) is 0. The molecule has 5 heteroatoms. The van der Waals surface area contributed by atoms with Gasteiger partial charge in [0.05, 0.1) is 5.57 Å². The standard InChI is InChI=1S/C12H10Cl2O3/c1-2-3-4-5-6-7-8(13)11(16)12(17)9(14)10(7)15/h15H,2-4H2,1H3. The van der Waals surface area contributed by atoms with E-state index in [2.05, 4.69) is 11.8 Å². The van der Waals surface area contributed by atoms with Gasteiger partial charge in [-0.15, -0.1) is 0 Å². The summed E-state index contributed by atoms with van der Waals surface area (Å²) in [6.07, 6.45) is 2.52. The number of ketones is 2. The molecule has 1 aliphatic carbocycles. The molecule has 0 aliphatic heterocycles. The van der Waals surface area contributed by atoms with Crippen molar-refractivity contribution in [2.45, 2.75) is 26.2 Å². The van der Waals surface area contributed by atoms with Gasteiger partial charge in [-0.1, -0.05) is 48.4 Å². The molecule has 1 rings (SSSR count). The molecule has 0 heterocycles. The highest BCUT2D eigenvalue weighted by atomic mass is 35.5. The van der Waals surface area contributed by atoms with Crippen molar-refractivity contribution in [3.63, 3.8) is 0 Å². The molecule has 0 unspecified atom stereocenters. The predicted molar refractivity (Wildman–Crippen MR) is 65.7 cm³/mol. The Bertz CT molecular complexity index is 490. The lowest BCUT2D eigenvalue weighted by atomic mass is 10.0. The van der Waals surface area contributed by atoms with E-state index in [-0.39, 0.29) is 10.6 Å². The average Bonchev–Trinajstić information content (AvgIpc) is 2.33. The van der Waals surface area contributed by atoms with Gasteiger partial charge in [-0.3, -0.25) is 9.59 Å². The quantitative estimate of drug-likeness (QED) is 0.364. The molecule has 0 radical (unpaired) electrons. The molecule has 0 aromatic carbocycles. The summed E-state index contributed by atoms with van der Waals surface area (Å²) in [5.41, 5.74) is -0.0719. The molecule has 0 spiro atoms. The van der Waals surface area contributed by atoms with Crippen molar-refractivity contribution in [1.29, 1.82) is 0 Å². The molecule has 0 aromatic heterocycles. The maximum absolute atomic E-state index is 11.3. The second-order valence-corrected chi connectivity index (χ2v) is 4.17. The van der Waals surface area contributed by atoms with Gasteiger partial charge in [0.1, 0.15) is 10.1 Å². The zero-order chi connectivity index (χ0) is 13.0. The van der Waals surface area contributed by atoms with Gasteiger partial charge in [-0.05, 0) is 6.42 Å². The molecule has 90 valence electrons. The molecule has 1 N–H and O–H groups in total. The lowest BCUT2D eigenvalue weighted by molar-refractivity contribution is -0.131. The Hall–Kier alpha value is -1.24. The molecule has 0 atom stereocenters. The molecule has 0 saturated heterocycles. The molecule has 0 amide bonds. The molecule has 17 heavy (non-hydrogen) atoms. The van der Waals surface area contributed by atoms with Gasteiger partial charge < -0.3 is 5.11 Å². The number of carbonyl (C=O) groups excluding carboxylic acids is 2. The zero-order valence-corrected chi connectivity index (χ0v) is 10.7. The van der Waals surface area contributed by atoms with Crippen LogP contribution in [0.2, 0.25) is 0 Å². The van der Waals surface area contributed by atoms with Gasteiger partial charge in [0.15, 0.2) is 5.76 Å². The van der Waals surface area contributed by atoms with E-state index in [0.29, 0.717) is 6.42 Å². The maximum atomic E-state index is 11.3. The van der Waals surface area contributed by atoms with E-state index in [1.54, 1.807) is 0 Å². The third-order valence-corrected chi connectivity index (χ3v) is 2.85. The van der Waals surface area contributed by atoms with Crippen LogP contribution in [0.25, 0.3) is 0 Å². The maximum Gasteiger partial charge on any atom is 0.249 e. The minimum absolute atomic E-state index is 0.0719. The normalized spacial score (nSPS) is 16.2. The Balaban J connectivity index is 3.07. The second-order valence-electron chi connectivity index (χ2n) is 3.42. The van der Waals surface area contributed by atoms with Crippen LogP contribution in [-0.4, -0.2) is 16.7 Å². The molecular formula is C12H10Cl2O3. The van der Waals surface area contributed by atoms with Gasteiger partial charge in [0, 0.05) is 6.42 Å². The van der Waals surface area contributed by atoms with Crippen molar-refractivity contribution in [2.75, 3.05) is 0 Å². The fourth-order valence-electron chi connectivity index (χ4n) is 1.16. The number of unbranched alkanes of at least 4 members (excludes halogenated alkanes) is 2. The van der Waals surface area contributed by atoms with Crippen molar-refractivity contribution in [3.8, 4) is 11.8 Å². The summed E-state index contributed by atoms with van der Waals surface area (Å²) < 4.78 is 0. The van der Waals surface area contributed by atoms with Crippen LogP contribution in [0.5, 0.6) is 0 Å². The number of hydrogen-bond donors (Lipinski definition) is 1. The van der Waals surface area contributed by atoms with Gasteiger partial charge in [0.2, 0.25) is 11.6 Å². The number of aliphatic hydroxyl groups excluding tert-OH is 1. The van der Waals surface area contributed by atoms with E-state index < -0.39 is 22.4 Å². The number of allylic oxidation sites excluding steroid dienone is 3. The van der Waals surface area contributed by atoms with E-state index in [4.69, 9.17) is 23.2 Å². The van der Waals surface area contributed by atoms with E-state index in [9.17, 15) is 14.7 Å². The fourth-order valence-corrected chi connectivity index (χ4v) is 1.57. The SMILES string of the molecule is CCCCC#CC1=C(Cl)C(=O)C(=O)C(Cl)=C1O. The number of hydrogen-bond acceptors (Lipinski definition) is 3. The third kappa shape index (κ3) is 2.91. The van der Waals surface area contributed by atoms with Crippen LogP contribution in [0.4, 0.5) is 0 Å². The van der Waals surface area contributed by atoms with Crippen molar-refractivity contribution < 1.29 is 14.7 Å². The van der Waals surface area contributed by atoms with E-state index in [1.165, 1.54) is 0 Å². The van der Waals surface area contributed by atoms with Crippen LogP contribution >= 0.6 is 23.2 Å². The lowest BCUT2D eigenvalue weighted by Crippen LogP contribution is -2.21. The summed E-state index contributed by atoms with van der Waals surface area (Å²) in [6.45, 7) is 2.02. The van der Waals surface area contributed by atoms with Crippen LogP contribution in [0.1, 0.15) is 26.2 Å². The zero-order valence-electron chi connectivity index (χ0n) is 9.14. The van der Waals surface area contributed by atoms with E-state index in [1.807, 2.05) is 6.92 Å². The Labute approximate surface area is 109 Å². The van der Waals surface area contributed by atoms with Crippen LogP contribution < -0.4 is 0 Å².